The molecule has 2 aliphatic carbocycles. The molecule has 0 bridgehead atoms. The molecule has 156 valence electrons. The molecule has 0 N–H and O–H groups in total. The van der Waals surface area contributed by atoms with Gasteiger partial charge in [-0.05, 0) is 44.5 Å². The van der Waals surface area contributed by atoms with Gasteiger partial charge in [-0.1, -0.05) is 33.8 Å². The Labute approximate surface area is 178 Å². The van der Waals surface area contributed by atoms with Crippen LogP contribution in [-0.4, -0.2) is 23.1 Å². The van der Waals surface area contributed by atoms with E-state index in [2.05, 4.69) is 15.9 Å². The Kier molecular flexibility index (Phi) is 5.71. The highest BCUT2D eigenvalue weighted by atomic mass is 79.9. The molecule has 3 rings (SSSR count). The summed E-state index contributed by atoms with van der Waals surface area (Å²) in [6.45, 7) is 7.45. The molecule has 0 atom stereocenters. The normalized spacial score (nSPS) is 23.1. The molecule has 29 heavy (non-hydrogen) atoms. The summed E-state index contributed by atoms with van der Waals surface area (Å²) in [7, 11) is 0. The highest BCUT2D eigenvalue weighted by Gasteiger charge is 2.52. The summed E-state index contributed by atoms with van der Waals surface area (Å²) in [4.78, 5) is 52.2. The van der Waals surface area contributed by atoms with E-state index in [4.69, 9.17) is 0 Å². The lowest BCUT2D eigenvalue weighted by atomic mass is 9.59. The van der Waals surface area contributed by atoms with Gasteiger partial charge in [0.15, 0.2) is 0 Å². The third kappa shape index (κ3) is 4.42. The Balaban J connectivity index is 2.11. The van der Waals surface area contributed by atoms with Crippen LogP contribution in [0.3, 0.4) is 0 Å². The van der Waals surface area contributed by atoms with E-state index in [0.29, 0.717) is 5.56 Å². The smallest absolute Gasteiger partial charge is 0.144 e. The van der Waals surface area contributed by atoms with Crippen molar-refractivity contribution in [3.05, 3.63) is 34.1 Å². The second-order valence-corrected chi connectivity index (χ2v) is 10.9. The van der Waals surface area contributed by atoms with Gasteiger partial charge in [-0.15, -0.1) is 0 Å². The quantitative estimate of drug-likeness (QED) is 0.601. The summed E-state index contributed by atoms with van der Waals surface area (Å²) < 4.78 is 14.0. The summed E-state index contributed by atoms with van der Waals surface area (Å²) in [5.74, 6) is -4.48. The SMILES string of the molecule is CC1(C)CC(=O)C(C(c2ccc(F)c(Br)c2)C2C(=O)CC(C)(C)CC2=O)C(=O)C1. The van der Waals surface area contributed by atoms with Crippen LogP contribution in [0.25, 0.3) is 0 Å². The lowest BCUT2D eigenvalue weighted by molar-refractivity contribution is -0.145. The van der Waals surface area contributed by atoms with E-state index < -0.39 is 34.4 Å². The van der Waals surface area contributed by atoms with Gasteiger partial charge < -0.3 is 0 Å². The largest absolute Gasteiger partial charge is 0.299 e. The molecule has 1 aromatic rings. The lowest BCUT2D eigenvalue weighted by Crippen LogP contribution is -2.48. The van der Waals surface area contributed by atoms with Gasteiger partial charge >= 0.3 is 0 Å². The molecular weight excluding hydrogens is 439 g/mol. The molecule has 0 radical (unpaired) electrons. The number of ketones is 4. The maximum atomic E-state index is 13.8. The van der Waals surface area contributed by atoms with Crippen LogP contribution < -0.4 is 0 Å². The van der Waals surface area contributed by atoms with Gasteiger partial charge in [0.2, 0.25) is 0 Å². The minimum Gasteiger partial charge on any atom is -0.299 e. The molecule has 0 aromatic heterocycles. The first-order chi connectivity index (χ1) is 13.3. The van der Waals surface area contributed by atoms with E-state index in [1.807, 2.05) is 27.7 Å². The average molecular weight is 465 g/mol. The molecule has 0 amide bonds. The highest BCUT2D eigenvalue weighted by Crippen LogP contribution is 2.47. The molecule has 1 aromatic carbocycles. The second-order valence-electron chi connectivity index (χ2n) is 10.1. The van der Waals surface area contributed by atoms with Crippen LogP contribution in [0.5, 0.6) is 0 Å². The minimum atomic E-state index is -1.06. The number of carbonyl (C=O) groups is 4. The van der Waals surface area contributed by atoms with Gasteiger partial charge in [-0.3, -0.25) is 19.2 Å². The predicted octanol–water partition coefficient (Wildman–Crippen LogP) is 4.82. The van der Waals surface area contributed by atoms with Gasteiger partial charge in [-0.2, -0.15) is 0 Å². The molecule has 2 fully saturated rings. The van der Waals surface area contributed by atoms with E-state index >= 15 is 0 Å². The molecule has 2 aliphatic rings. The van der Waals surface area contributed by atoms with E-state index in [0.717, 1.165) is 0 Å². The van der Waals surface area contributed by atoms with Crippen molar-refractivity contribution in [2.45, 2.75) is 59.3 Å². The first kappa shape index (κ1) is 22.0. The molecule has 2 saturated carbocycles. The van der Waals surface area contributed by atoms with Crippen LogP contribution in [0.1, 0.15) is 64.9 Å². The number of Topliss-reactive ketones (excluding diaryl/α,β-unsaturated/α-hetero) is 4. The molecule has 0 spiro atoms. The van der Waals surface area contributed by atoms with Gasteiger partial charge in [-0.25, -0.2) is 4.39 Å². The third-order valence-corrected chi connectivity index (χ3v) is 6.65. The van der Waals surface area contributed by atoms with Crippen molar-refractivity contribution < 1.29 is 23.6 Å². The van der Waals surface area contributed by atoms with E-state index in [1.165, 1.54) is 18.2 Å². The van der Waals surface area contributed by atoms with E-state index in [-0.39, 0.29) is 53.3 Å². The van der Waals surface area contributed by atoms with Crippen molar-refractivity contribution >= 4 is 39.1 Å². The predicted molar refractivity (Wildman–Crippen MR) is 110 cm³/mol. The number of halogens is 2. The first-order valence-electron chi connectivity index (χ1n) is 9.87. The lowest BCUT2D eigenvalue weighted by Gasteiger charge is -2.41. The first-order valence-corrected chi connectivity index (χ1v) is 10.7. The number of hydrogen-bond acceptors (Lipinski definition) is 4. The molecule has 0 heterocycles. The minimum absolute atomic E-state index is 0.173. The summed E-state index contributed by atoms with van der Waals surface area (Å²) in [5.41, 5.74) is -0.418. The van der Waals surface area contributed by atoms with E-state index in [9.17, 15) is 23.6 Å². The Bertz CT molecular complexity index is 814. The fourth-order valence-electron chi connectivity index (χ4n) is 4.91. The molecule has 0 aliphatic heterocycles. The van der Waals surface area contributed by atoms with Crippen LogP contribution in [0.2, 0.25) is 0 Å². The number of benzene rings is 1. The maximum absolute atomic E-state index is 13.8. The standard InChI is InChI=1S/C23H26BrFO4/c1-22(2)8-15(26)20(16(27)9-22)19(12-5-6-14(25)13(24)7-12)21-17(28)10-23(3,4)11-18(21)29/h5-7,19-21H,8-11H2,1-4H3. The monoisotopic (exact) mass is 464 g/mol. The van der Waals surface area contributed by atoms with Gasteiger partial charge in [0.1, 0.15) is 29.0 Å². The Morgan fingerprint density at radius 1 is 0.828 bits per heavy atom. The highest BCUT2D eigenvalue weighted by molar-refractivity contribution is 9.10. The van der Waals surface area contributed by atoms with Gasteiger partial charge in [0, 0.05) is 31.6 Å². The second kappa shape index (κ2) is 7.53. The van der Waals surface area contributed by atoms with E-state index in [1.54, 1.807) is 0 Å². The molecule has 0 saturated heterocycles. The average Bonchev–Trinajstić information content (AvgIpc) is 2.52. The summed E-state index contributed by atoms with van der Waals surface area (Å²) in [6, 6.07) is 4.20. The summed E-state index contributed by atoms with van der Waals surface area (Å²) in [6.07, 6.45) is 0.845. The Hall–Kier alpha value is -1.69. The Morgan fingerprint density at radius 3 is 1.55 bits per heavy atom. The van der Waals surface area contributed by atoms with Crippen LogP contribution in [-0.2, 0) is 19.2 Å². The maximum Gasteiger partial charge on any atom is 0.144 e. The topological polar surface area (TPSA) is 68.3 Å². The zero-order chi connectivity index (χ0) is 21.7. The number of hydrogen-bond donors (Lipinski definition) is 0. The van der Waals surface area contributed by atoms with Crippen LogP contribution >= 0.6 is 15.9 Å². The van der Waals surface area contributed by atoms with Gasteiger partial charge in [0.05, 0.1) is 16.3 Å². The summed E-state index contributed by atoms with van der Waals surface area (Å²) in [5, 5.41) is 0. The van der Waals surface area contributed by atoms with Gasteiger partial charge in [0.25, 0.3) is 0 Å². The molecule has 0 unspecified atom stereocenters. The van der Waals surface area contributed by atoms with Crippen LogP contribution in [0.4, 0.5) is 4.39 Å². The Morgan fingerprint density at radius 2 is 1.21 bits per heavy atom. The van der Waals surface area contributed by atoms with Crippen LogP contribution in [0.15, 0.2) is 22.7 Å². The molecule has 4 nitrogen and oxygen atoms in total. The number of carbonyl (C=O) groups excluding carboxylic acids is 4. The van der Waals surface area contributed by atoms with Crippen molar-refractivity contribution in [2.75, 3.05) is 0 Å². The molecule has 6 heteroatoms. The van der Waals surface area contributed by atoms with Crippen LogP contribution in [0, 0.1) is 28.5 Å². The number of rotatable bonds is 3. The summed E-state index contributed by atoms with van der Waals surface area (Å²) >= 11 is 3.14. The van der Waals surface area contributed by atoms with Crippen molar-refractivity contribution in [1.82, 2.24) is 0 Å². The third-order valence-electron chi connectivity index (χ3n) is 6.05. The van der Waals surface area contributed by atoms with Crippen molar-refractivity contribution in [1.29, 1.82) is 0 Å². The zero-order valence-electron chi connectivity index (χ0n) is 17.2. The van der Waals surface area contributed by atoms with Crippen molar-refractivity contribution in [3.8, 4) is 0 Å². The fraction of sp³-hybridized carbons (Fsp3) is 0.565. The fourth-order valence-corrected chi connectivity index (χ4v) is 5.31. The van der Waals surface area contributed by atoms with Crippen molar-refractivity contribution in [2.24, 2.45) is 22.7 Å². The van der Waals surface area contributed by atoms with Crippen molar-refractivity contribution in [3.63, 3.8) is 0 Å². The zero-order valence-corrected chi connectivity index (χ0v) is 18.8. The molecular formula is C23H26BrFO4.